The molecule has 0 fully saturated rings. The number of carbonyl (C=O) groups excluding carboxylic acids is 1. The molecule has 0 saturated heterocycles. The Morgan fingerprint density at radius 2 is 1.92 bits per heavy atom. The van der Waals surface area contributed by atoms with E-state index in [2.05, 4.69) is 6.58 Å². The van der Waals surface area contributed by atoms with E-state index in [4.69, 9.17) is 14.2 Å². The van der Waals surface area contributed by atoms with Gasteiger partial charge in [0.25, 0.3) is 0 Å². The summed E-state index contributed by atoms with van der Waals surface area (Å²) in [5.41, 5.74) is 2.05. The lowest BCUT2D eigenvalue weighted by molar-refractivity contribution is 0.100. The van der Waals surface area contributed by atoms with Crippen LogP contribution >= 0.6 is 0 Å². The van der Waals surface area contributed by atoms with Gasteiger partial charge in [0, 0.05) is 5.57 Å². The maximum atomic E-state index is 12.7. The first-order valence-electron chi connectivity index (χ1n) is 7.61. The molecule has 0 N–H and O–H groups in total. The van der Waals surface area contributed by atoms with E-state index in [0.29, 0.717) is 29.2 Å². The van der Waals surface area contributed by atoms with Gasteiger partial charge in [0.2, 0.25) is 0 Å². The van der Waals surface area contributed by atoms with Crippen LogP contribution in [0, 0.1) is 0 Å². The molecule has 1 heterocycles. The number of hydrogen-bond donors (Lipinski definition) is 0. The third-order valence-electron chi connectivity index (χ3n) is 3.70. The van der Waals surface area contributed by atoms with Crippen molar-refractivity contribution in [1.29, 1.82) is 0 Å². The van der Waals surface area contributed by atoms with Crippen LogP contribution in [0.1, 0.15) is 15.9 Å². The Morgan fingerprint density at radius 3 is 2.62 bits per heavy atom. The molecule has 0 radical (unpaired) electrons. The average molecular weight is 322 g/mol. The number of ketones is 1. The molecular weight excluding hydrogens is 304 g/mol. The van der Waals surface area contributed by atoms with Gasteiger partial charge in [-0.05, 0) is 42.0 Å². The highest BCUT2D eigenvalue weighted by molar-refractivity contribution is 6.14. The highest BCUT2D eigenvalue weighted by Gasteiger charge is 2.23. The maximum Gasteiger partial charge on any atom is 0.196 e. The smallest absolute Gasteiger partial charge is 0.196 e. The van der Waals surface area contributed by atoms with Crippen LogP contribution in [-0.4, -0.2) is 26.1 Å². The summed E-state index contributed by atoms with van der Waals surface area (Å²) in [4.78, 5) is 12.7. The van der Waals surface area contributed by atoms with E-state index in [0.717, 1.165) is 11.3 Å². The van der Waals surface area contributed by atoms with E-state index >= 15 is 0 Å². The molecule has 1 aliphatic heterocycles. The van der Waals surface area contributed by atoms with Gasteiger partial charge in [-0.1, -0.05) is 24.8 Å². The minimum absolute atomic E-state index is 0.0397. The summed E-state index contributed by atoms with van der Waals surface area (Å²) in [6.45, 7) is 4.34. The number of Topliss-reactive ketones (excluding diaryl/α,β-unsaturated/α-hetero) is 1. The van der Waals surface area contributed by atoms with Crippen molar-refractivity contribution < 1.29 is 19.0 Å². The van der Waals surface area contributed by atoms with Gasteiger partial charge in [-0.15, -0.1) is 0 Å². The van der Waals surface area contributed by atoms with Gasteiger partial charge >= 0.3 is 0 Å². The van der Waals surface area contributed by atoms with Crippen molar-refractivity contribution in [2.24, 2.45) is 0 Å². The van der Waals surface area contributed by atoms with Crippen molar-refractivity contribution in [2.45, 2.75) is 0 Å². The zero-order chi connectivity index (χ0) is 16.9. The third-order valence-corrected chi connectivity index (χ3v) is 3.70. The van der Waals surface area contributed by atoms with Crippen molar-refractivity contribution in [2.75, 3.05) is 20.3 Å². The number of rotatable bonds is 5. The summed E-state index contributed by atoms with van der Waals surface area (Å²) in [5.74, 6) is 1.95. The van der Waals surface area contributed by atoms with Gasteiger partial charge in [0.05, 0.1) is 12.7 Å². The molecule has 0 aliphatic carbocycles. The molecule has 0 atom stereocenters. The van der Waals surface area contributed by atoms with Crippen molar-refractivity contribution >= 4 is 11.9 Å². The quantitative estimate of drug-likeness (QED) is 0.618. The number of methoxy groups -OCH3 is 1. The molecule has 3 rings (SSSR count). The SMILES string of the molecule is C=CCOc1ccc(/C=C2\COc3ccc(OC)cc3C2=O)cc1. The minimum atomic E-state index is -0.0397. The number of fused-ring (bicyclic) bond motifs is 1. The molecule has 0 bridgehead atoms. The first-order chi connectivity index (χ1) is 11.7. The van der Waals surface area contributed by atoms with Gasteiger partial charge in [0.15, 0.2) is 5.78 Å². The van der Waals surface area contributed by atoms with Gasteiger partial charge in [-0.3, -0.25) is 4.79 Å². The third kappa shape index (κ3) is 3.33. The molecular formula is C20H18O4. The summed E-state index contributed by atoms with van der Waals surface area (Å²) < 4.78 is 16.3. The highest BCUT2D eigenvalue weighted by Crippen LogP contribution is 2.31. The Labute approximate surface area is 141 Å². The first kappa shape index (κ1) is 15.9. The summed E-state index contributed by atoms with van der Waals surface area (Å²) in [7, 11) is 1.57. The second kappa shape index (κ2) is 7.04. The van der Waals surface area contributed by atoms with Crippen LogP contribution < -0.4 is 14.2 Å². The van der Waals surface area contributed by atoms with E-state index in [9.17, 15) is 4.79 Å². The molecule has 0 aromatic heterocycles. The normalized spacial score (nSPS) is 14.7. The fourth-order valence-corrected chi connectivity index (χ4v) is 2.46. The Kier molecular flexibility index (Phi) is 4.66. The van der Waals surface area contributed by atoms with E-state index in [1.54, 1.807) is 31.4 Å². The van der Waals surface area contributed by atoms with E-state index in [1.165, 1.54) is 0 Å². The van der Waals surface area contributed by atoms with Crippen LogP contribution in [0.15, 0.2) is 60.7 Å². The lowest BCUT2D eigenvalue weighted by atomic mass is 9.98. The summed E-state index contributed by atoms with van der Waals surface area (Å²) in [6, 6.07) is 12.8. The summed E-state index contributed by atoms with van der Waals surface area (Å²) in [6.07, 6.45) is 3.53. The van der Waals surface area contributed by atoms with Crippen molar-refractivity contribution in [3.05, 3.63) is 71.8 Å². The Hall–Kier alpha value is -3.01. The topological polar surface area (TPSA) is 44.8 Å². The van der Waals surface area contributed by atoms with Crippen LogP contribution in [0.5, 0.6) is 17.2 Å². The van der Waals surface area contributed by atoms with Crippen molar-refractivity contribution in [3.63, 3.8) is 0 Å². The lowest BCUT2D eigenvalue weighted by Crippen LogP contribution is -2.19. The van der Waals surface area contributed by atoms with Gasteiger partial charge in [-0.25, -0.2) is 0 Å². The number of hydrogen-bond acceptors (Lipinski definition) is 4. The maximum absolute atomic E-state index is 12.7. The monoisotopic (exact) mass is 322 g/mol. The second-order valence-corrected chi connectivity index (χ2v) is 5.32. The summed E-state index contributed by atoms with van der Waals surface area (Å²) >= 11 is 0. The fraction of sp³-hybridized carbons (Fsp3) is 0.150. The zero-order valence-electron chi connectivity index (χ0n) is 13.5. The first-order valence-corrected chi connectivity index (χ1v) is 7.61. The molecule has 0 unspecified atom stereocenters. The molecule has 4 nitrogen and oxygen atoms in total. The van der Waals surface area contributed by atoms with E-state index < -0.39 is 0 Å². The Bertz CT molecular complexity index is 788. The average Bonchev–Trinajstić information content (AvgIpc) is 2.63. The van der Waals surface area contributed by atoms with Crippen LogP contribution in [0.3, 0.4) is 0 Å². The van der Waals surface area contributed by atoms with E-state index in [-0.39, 0.29) is 12.4 Å². The second-order valence-electron chi connectivity index (χ2n) is 5.32. The molecule has 4 heteroatoms. The van der Waals surface area contributed by atoms with Crippen molar-refractivity contribution in [3.8, 4) is 17.2 Å². The predicted molar refractivity (Wildman–Crippen MR) is 92.9 cm³/mol. The van der Waals surface area contributed by atoms with Crippen LogP contribution in [0.25, 0.3) is 6.08 Å². The Morgan fingerprint density at radius 1 is 1.17 bits per heavy atom. The molecule has 1 aliphatic rings. The van der Waals surface area contributed by atoms with Crippen molar-refractivity contribution in [1.82, 2.24) is 0 Å². The molecule has 24 heavy (non-hydrogen) atoms. The van der Waals surface area contributed by atoms with Gasteiger partial charge in [0.1, 0.15) is 30.5 Å². The predicted octanol–water partition coefficient (Wildman–Crippen LogP) is 3.92. The Balaban J connectivity index is 1.83. The minimum Gasteiger partial charge on any atom is -0.497 e. The molecule has 122 valence electrons. The van der Waals surface area contributed by atoms with Crippen LogP contribution in [0.4, 0.5) is 0 Å². The zero-order valence-corrected chi connectivity index (χ0v) is 13.5. The molecule has 0 amide bonds. The van der Waals surface area contributed by atoms with E-state index in [1.807, 2.05) is 30.3 Å². The lowest BCUT2D eigenvalue weighted by Gasteiger charge is -2.19. The fourth-order valence-electron chi connectivity index (χ4n) is 2.46. The number of ether oxygens (including phenoxy) is 3. The van der Waals surface area contributed by atoms with Crippen LogP contribution in [-0.2, 0) is 0 Å². The summed E-state index contributed by atoms with van der Waals surface area (Å²) in [5, 5.41) is 0. The molecule has 2 aromatic carbocycles. The number of carbonyl (C=O) groups is 1. The molecule has 2 aromatic rings. The highest BCUT2D eigenvalue weighted by atomic mass is 16.5. The molecule has 0 spiro atoms. The van der Waals surface area contributed by atoms with Gasteiger partial charge in [-0.2, -0.15) is 0 Å². The van der Waals surface area contributed by atoms with Crippen LogP contribution in [0.2, 0.25) is 0 Å². The largest absolute Gasteiger partial charge is 0.497 e. The van der Waals surface area contributed by atoms with Gasteiger partial charge < -0.3 is 14.2 Å². The number of benzene rings is 2. The standard InChI is InChI=1S/C20H18O4/c1-3-10-23-16-6-4-14(5-7-16)11-15-13-24-19-9-8-17(22-2)12-18(19)20(15)21/h3-9,11-12H,1,10,13H2,2H3/b15-11+. The molecule has 0 saturated carbocycles.